The molecular weight excluding hydrogens is 619 g/mol. The second-order valence-corrected chi connectivity index (χ2v) is 13.3. The van der Waals surface area contributed by atoms with E-state index < -0.39 is 5.41 Å². The minimum Gasteiger partial charge on any atom is -0.261 e. The van der Waals surface area contributed by atoms with Gasteiger partial charge in [-0.2, -0.15) is 0 Å². The Labute approximate surface area is 299 Å². The molecule has 0 fully saturated rings. The molecule has 51 heavy (non-hydrogen) atoms. The number of hydrogen-bond donors (Lipinski definition) is 0. The Morgan fingerprint density at radius 3 is 1.86 bits per heavy atom. The van der Waals surface area contributed by atoms with Crippen LogP contribution in [0.1, 0.15) is 33.6 Å². The van der Waals surface area contributed by atoms with Crippen molar-refractivity contribution in [2.45, 2.75) is 19.3 Å². The first kappa shape index (κ1) is 30.6. The molecule has 9 rings (SSSR count). The van der Waals surface area contributed by atoms with Crippen molar-refractivity contribution in [3.05, 3.63) is 210 Å². The number of benzene rings is 6. The number of hydrogen-bond acceptors (Lipinski definition) is 3. The minimum atomic E-state index is -0.557. The van der Waals surface area contributed by atoms with Gasteiger partial charge >= 0.3 is 0 Å². The standard InChI is InChI=1S/C48H35N3/c1-32-30-45(36-14-5-3-6-15-36)51-47(50-32)42-21-12-24-44-46(42)41-20-9-10-23-43(41)48(44,38-17-7-4-8-18-38)39-19-11-16-37(31-39)34-25-27-35(28-26-34)40-22-13-29-49-33(40)2/h3-31H,1-2H3. The van der Waals surface area contributed by atoms with E-state index in [0.717, 1.165) is 39.6 Å². The molecular formula is C48H35N3. The highest BCUT2D eigenvalue weighted by Crippen LogP contribution is 2.58. The lowest BCUT2D eigenvalue weighted by atomic mass is 9.67. The summed E-state index contributed by atoms with van der Waals surface area (Å²) in [6.45, 7) is 4.12. The molecule has 1 aliphatic rings. The predicted octanol–water partition coefficient (Wildman–Crippen LogP) is 11.5. The second-order valence-electron chi connectivity index (χ2n) is 13.3. The van der Waals surface area contributed by atoms with Crippen LogP contribution in [-0.2, 0) is 5.41 Å². The summed E-state index contributed by atoms with van der Waals surface area (Å²) in [6, 6.07) is 61.0. The number of nitrogens with zero attached hydrogens (tertiary/aromatic N) is 3. The summed E-state index contributed by atoms with van der Waals surface area (Å²) in [5.74, 6) is 0.738. The first-order valence-corrected chi connectivity index (χ1v) is 17.4. The fraction of sp³-hybridized carbons (Fsp3) is 0.0625. The molecule has 1 unspecified atom stereocenters. The fourth-order valence-electron chi connectivity index (χ4n) is 8.00. The molecule has 6 aromatic carbocycles. The lowest BCUT2D eigenvalue weighted by Crippen LogP contribution is -2.28. The molecule has 0 saturated carbocycles. The molecule has 0 N–H and O–H groups in total. The van der Waals surface area contributed by atoms with E-state index in [1.54, 1.807) is 0 Å². The van der Waals surface area contributed by atoms with E-state index in [2.05, 4.69) is 177 Å². The highest BCUT2D eigenvalue weighted by Gasteiger charge is 2.47. The zero-order valence-corrected chi connectivity index (χ0v) is 28.6. The molecule has 2 aromatic heterocycles. The van der Waals surface area contributed by atoms with Crippen molar-refractivity contribution in [1.82, 2.24) is 15.0 Å². The van der Waals surface area contributed by atoms with E-state index in [-0.39, 0.29) is 0 Å². The third kappa shape index (κ3) is 5.09. The molecule has 1 atom stereocenters. The van der Waals surface area contributed by atoms with Crippen molar-refractivity contribution in [2.75, 3.05) is 0 Å². The van der Waals surface area contributed by atoms with Crippen molar-refractivity contribution in [3.8, 4) is 56.0 Å². The summed E-state index contributed by atoms with van der Waals surface area (Å²) >= 11 is 0. The number of aromatic nitrogens is 3. The monoisotopic (exact) mass is 653 g/mol. The van der Waals surface area contributed by atoms with Crippen LogP contribution >= 0.6 is 0 Å². The van der Waals surface area contributed by atoms with E-state index in [9.17, 15) is 0 Å². The zero-order valence-electron chi connectivity index (χ0n) is 28.6. The van der Waals surface area contributed by atoms with Gasteiger partial charge in [0.05, 0.1) is 11.1 Å². The largest absolute Gasteiger partial charge is 0.261 e. The first-order chi connectivity index (χ1) is 25.1. The quantitative estimate of drug-likeness (QED) is 0.179. The van der Waals surface area contributed by atoms with E-state index in [1.165, 1.54) is 50.1 Å². The van der Waals surface area contributed by atoms with Crippen LogP contribution in [0.3, 0.4) is 0 Å². The Bertz CT molecular complexity index is 2540. The van der Waals surface area contributed by atoms with Crippen molar-refractivity contribution >= 4 is 0 Å². The number of aryl methyl sites for hydroxylation is 2. The molecule has 0 amide bonds. The van der Waals surface area contributed by atoms with Gasteiger partial charge < -0.3 is 0 Å². The summed E-state index contributed by atoms with van der Waals surface area (Å²) in [5.41, 5.74) is 16.5. The molecule has 2 heterocycles. The number of fused-ring (bicyclic) bond motifs is 3. The van der Waals surface area contributed by atoms with Crippen molar-refractivity contribution in [1.29, 1.82) is 0 Å². The van der Waals surface area contributed by atoms with Gasteiger partial charge in [-0.25, -0.2) is 9.97 Å². The van der Waals surface area contributed by atoms with E-state index in [0.29, 0.717) is 0 Å². The van der Waals surface area contributed by atoms with Crippen molar-refractivity contribution < 1.29 is 0 Å². The molecule has 0 spiro atoms. The highest BCUT2D eigenvalue weighted by molar-refractivity contribution is 5.94. The van der Waals surface area contributed by atoms with E-state index >= 15 is 0 Å². The summed E-state index contributed by atoms with van der Waals surface area (Å²) in [6.07, 6.45) is 1.85. The van der Waals surface area contributed by atoms with E-state index in [4.69, 9.17) is 9.97 Å². The van der Waals surface area contributed by atoms with Crippen molar-refractivity contribution in [2.24, 2.45) is 0 Å². The summed E-state index contributed by atoms with van der Waals surface area (Å²) in [4.78, 5) is 14.7. The van der Waals surface area contributed by atoms with Crippen LogP contribution in [-0.4, -0.2) is 15.0 Å². The Kier molecular flexibility index (Phi) is 7.48. The number of pyridine rings is 1. The zero-order chi connectivity index (χ0) is 34.4. The first-order valence-electron chi connectivity index (χ1n) is 17.4. The highest BCUT2D eigenvalue weighted by atomic mass is 14.9. The van der Waals surface area contributed by atoms with E-state index in [1.807, 2.05) is 18.3 Å². The Morgan fingerprint density at radius 1 is 0.431 bits per heavy atom. The summed E-state index contributed by atoms with van der Waals surface area (Å²) in [7, 11) is 0. The van der Waals surface area contributed by atoms with Gasteiger partial charge in [0, 0.05) is 34.3 Å². The molecule has 0 aliphatic heterocycles. The third-order valence-electron chi connectivity index (χ3n) is 10.3. The smallest absolute Gasteiger partial charge is 0.160 e. The molecule has 1 aliphatic carbocycles. The Hall–Kier alpha value is -6.45. The van der Waals surface area contributed by atoms with Crippen LogP contribution in [0.5, 0.6) is 0 Å². The minimum absolute atomic E-state index is 0.557. The molecule has 242 valence electrons. The normalized spacial score (nSPS) is 14.5. The average Bonchev–Trinajstić information content (AvgIpc) is 3.50. The SMILES string of the molecule is Cc1cc(-c2ccccc2)nc(-c2cccc3c2-c2ccccc2C3(c2ccccc2)c2cccc(-c3ccc(-c4cccnc4C)cc3)c2)n1. The number of rotatable bonds is 6. The maximum atomic E-state index is 5.19. The fourth-order valence-corrected chi connectivity index (χ4v) is 8.00. The van der Waals surface area contributed by atoms with Crippen LogP contribution in [0, 0.1) is 13.8 Å². The van der Waals surface area contributed by atoms with Crippen LogP contribution in [0.2, 0.25) is 0 Å². The molecule has 0 radical (unpaired) electrons. The van der Waals surface area contributed by atoms with Gasteiger partial charge in [-0.05, 0) is 82.1 Å². The lowest BCUT2D eigenvalue weighted by molar-refractivity contribution is 0.769. The molecule has 3 heteroatoms. The maximum Gasteiger partial charge on any atom is 0.160 e. The Morgan fingerprint density at radius 2 is 1.06 bits per heavy atom. The van der Waals surface area contributed by atoms with Gasteiger partial charge in [-0.1, -0.05) is 152 Å². The second kappa shape index (κ2) is 12.5. The van der Waals surface area contributed by atoms with Gasteiger partial charge in [-0.15, -0.1) is 0 Å². The van der Waals surface area contributed by atoms with Gasteiger partial charge in [0.25, 0.3) is 0 Å². The topological polar surface area (TPSA) is 38.7 Å². The summed E-state index contributed by atoms with van der Waals surface area (Å²) < 4.78 is 0. The Balaban J connectivity index is 1.26. The van der Waals surface area contributed by atoms with Crippen molar-refractivity contribution in [3.63, 3.8) is 0 Å². The molecule has 0 bridgehead atoms. The summed E-state index contributed by atoms with van der Waals surface area (Å²) in [5, 5.41) is 0. The van der Waals surface area contributed by atoms with Gasteiger partial charge in [0.1, 0.15) is 0 Å². The molecule has 3 nitrogen and oxygen atoms in total. The van der Waals surface area contributed by atoms with Crippen LogP contribution in [0.4, 0.5) is 0 Å². The average molecular weight is 654 g/mol. The van der Waals surface area contributed by atoms with Crippen LogP contribution in [0.25, 0.3) is 56.0 Å². The predicted molar refractivity (Wildman–Crippen MR) is 208 cm³/mol. The van der Waals surface area contributed by atoms with Crippen LogP contribution < -0.4 is 0 Å². The maximum absolute atomic E-state index is 5.19. The van der Waals surface area contributed by atoms with Gasteiger partial charge in [-0.3, -0.25) is 4.98 Å². The lowest BCUT2D eigenvalue weighted by Gasteiger charge is -2.34. The van der Waals surface area contributed by atoms with Gasteiger partial charge in [0.15, 0.2) is 5.82 Å². The molecule has 0 saturated heterocycles. The van der Waals surface area contributed by atoms with Crippen LogP contribution in [0.15, 0.2) is 176 Å². The molecule has 8 aromatic rings. The van der Waals surface area contributed by atoms with Gasteiger partial charge in [0.2, 0.25) is 0 Å². The third-order valence-corrected chi connectivity index (χ3v) is 10.3.